The van der Waals surface area contributed by atoms with Gasteiger partial charge in [-0.05, 0) is 19.1 Å². The Morgan fingerprint density at radius 3 is 2.78 bits per heavy atom. The zero-order valence-electron chi connectivity index (χ0n) is 11.9. The second-order valence-corrected chi connectivity index (χ2v) is 5.34. The number of carbonyl (C=O) groups is 1. The van der Waals surface area contributed by atoms with Gasteiger partial charge in [-0.25, -0.2) is 14.2 Å². The van der Waals surface area contributed by atoms with Gasteiger partial charge in [0.2, 0.25) is 0 Å². The largest absolute Gasteiger partial charge is 0.462 e. The van der Waals surface area contributed by atoms with Gasteiger partial charge in [0, 0.05) is 5.39 Å². The van der Waals surface area contributed by atoms with Crippen LogP contribution in [0.25, 0.3) is 22.3 Å². The van der Waals surface area contributed by atoms with Gasteiger partial charge < -0.3 is 9.15 Å². The third-order valence-electron chi connectivity index (χ3n) is 3.21. The van der Waals surface area contributed by atoms with Gasteiger partial charge in [-0.15, -0.1) is 0 Å². The van der Waals surface area contributed by atoms with Crippen molar-refractivity contribution >= 4 is 40.1 Å². The first-order valence-electron chi connectivity index (χ1n) is 6.73. The van der Waals surface area contributed by atoms with Crippen LogP contribution in [0.1, 0.15) is 17.3 Å². The molecule has 23 heavy (non-hydrogen) atoms. The fourth-order valence-corrected chi connectivity index (χ4v) is 2.65. The summed E-state index contributed by atoms with van der Waals surface area (Å²) in [4.78, 5) is 16.0. The van der Waals surface area contributed by atoms with E-state index in [9.17, 15) is 9.18 Å². The molecule has 2 aromatic heterocycles. The first kappa shape index (κ1) is 15.8. The summed E-state index contributed by atoms with van der Waals surface area (Å²) in [5.41, 5.74) is 0.762. The maximum atomic E-state index is 13.8. The van der Waals surface area contributed by atoms with Crippen molar-refractivity contribution in [3.05, 3.63) is 52.0 Å². The summed E-state index contributed by atoms with van der Waals surface area (Å²) in [6, 6.07) is 8.00. The standard InChI is InChI=1S/C16H10Cl2FNO3/c1-2-22-16(21)12-8-5-3-4-6-11(8)23-13(12)9-7-10(19)15(18)20-14(9)17/h3-7H,2H2,1H3. The molecule has 0 aliphatic carbocycles. The van der Waals surface area contributed by atoms with Crippen molar-refractivity contribution in [2.75, 3.05) is 6.61 Å². The fraction of sp³-hybridized carbons (Fsp3) is 0.125. The van der Waals surface area contributed by atoms with Gasteiger partial charge in [-0.1, -0.05) is 41.4 Å². The molecule has 118 valence electrons. The Morgan fingerprint density at radius 1 is 1.30 bits per heavy atom. The van der Waals surface area contributed by atoms with Gasteiger partial charge in [0.1, 0.15) is 16.3 Å². The number of esters is 1. The van der Waals surface area contributed by atoms with Crippen LogP contribution < -0.4 is 0 Å². The lowest BCUT2D eigenvalue weighted by atomic mass is 10.1. The molecular formula is C16H10Cl2FNO3. The zero-order chi connectivity index (χ0) is 16.6. The number of rotatable bonds is 3. The average molecular weight is 354 g/mol. The van der Waals surface area contributed by atoms with E-state index in [1.807, 2.05) is 0 Å². The lowest BCUT2D eigenvalue weighted by molar-refractivity contribution is 0.0528. The normalized spacial score (nSPS) is 11.0. The van der Waals surface area contributed by atoms with Crippen LogP contribution in [0.4, 0.5) is 4.39 Å². The van der Waals surface area contributed by atoms with Crippen molar-refractivity contribution in [2.45, 2.75) is 6.92 Å². The van der Waals surface area contributed by atoms with E-state index in [-0.39, 0.29) is 33.8 Å². The predicted molar refractivity (Wildman–Crippen MR) is 85.4 cm³/mol. The van der Waals surface area contributed by atoms with E-state index in [1.165, 1.54) is 0 Å². The van der Waals surface area contributed by atoms with Crippen LogP contribution in [0.3, 0.4) is 0 Å². The number of aromatic nitrogens is 1. The molecule has 0 aliphatic heterocycles. The van der Waals surface area contributed by atoms with E-state index in [0.29, 0.717) is 11.0 Å². The summed E-state index contributed by atoms with van der Waals surface area (Å²) < 4.78 is 24.5. The molecule has 0 radical (unpaired) electrons. The van der Waals surface area contributed by atoms with Gasteiger partial charge in [-0.3, -0.25) is 0 Å². The smallest absolute Gasteiger partial charge is 0.342 e. The van der Waals surface area contributed by atoms with Gasteiger partial charge in [0.15, 0.2) is 16.7 Å². The monoisotopic (exact) mass is 353 g/mol. The summed E-state index contributed by atoms with van der Waals surface area (Å²) in [6.07, 6.45) is 0. The SMILES string of the molecule is CCOC(=O)c1c(-c2cc(F)c(Cl)nc2Cl)oc2ccccc12. The van der Waals surface area contributed by atoms with E-state index in [0.717, 1.165) is 6.07 Å². The van der Waals surface area contributed by atoms with Crippen molar-refractivity contribution in [3.8, 4) is 11.3 Å². The number of ether oxygens (including phenoxy) is 1. The molecule has 4 nitrogen and oxygen atoms in total. The number of carbonyl (C=O) groups excluding carboxylic acids is 1. The minimum atomic E-state index is -0.763. The lowest BCUT2D eigenvalue weighted by Gasteiger charge is -2.05. The Labute approximate surface area is 140 Å². The van der Waals surface area contributed by atoms with Gasteiger partial charge in [0.05, 0.1) is 12.2 Å². The molecule has 0 atom stereocenters. The van der Waals surface area contributed by atoms with Crippen LogP contribution >= 0.6 is 23.2 Å². The Bertz CT molecular complexity index is 908. The third-order valence-corrected chi connectivity index (χ3v) is 3.76. The maximum Gasteiger partial charge on any atom is 0.342 e. The quantitative estimate of drug-likeness (QED) is 0.484. The molecular weight excluding hydrogens is 344 g/mol. The van der Waals surface area contributed by atoms with E-state index < -0.39 is 11.8 Å². The number of halogens is 3. The number of fused-ring (bicyclic) bond motifs is 1. The fourth-order valence-electron chi connectivity index (χ4n) is 2.25. The van der Waals surface area contributed by atoms with Crippen LogP contribution in [0.15, 0.2) is 34.7 Å². The highest BCUT2D eigenvalue weighted by atomic mass is 35.5. The first-order chi connectivity index (χ1) is 11.0. The molecule has 0 saturated heterocycles. The second kappa shape index (κ2) is 6.18. The number of furan rings is 1. The van der Waals surface area contributed by atoms with Crippen molar-refractivity contribution in [1.82, 2.24) is 4.98 Å². The molecule has 0 amide bonds. The van der Waals surface area contributed by atoms with Gasteiger partial charge in [0.25, 0.3) is 0 Å². The van der Waals surface area contributed by atoms with Crippen molar-refractivity contribution in [1.29, 1.82) is 0 Å². The number of nitrogens with zero attached hydrogens (tertiary/aromatic N) is 1. The number of pyridine rings is 1. The first-order valence-corrected chi connectivity index (χ1v) is 7.49. The molecule has 3 aromatic rings. The molecule has 3 rings (SSSR count). The van der Waals surface area contributed by atoms with Crippen molar-refractivity contribution < 1.29 is 18.3 Å². The second-order valence-electron chi connectivity index (χ2n) is 4.62. The predicted octanol–water partition coefficient (Wildman–Crippen LogP) is 5.12. The molecule has 0 saturated carbocycles. The Hall–Kier alpha value is -2.11. The summed E-state index contributed by atoms with van der Waals surface area (Å²) in [7, 11) is 0. The number of hydrogen-bond acceptors (Lipinski definition) is 4. The lowest BCUT2D eigenvalue weighted by Crippen LogP contribution is -2.05. The Kier molecular flexibility index (Phi) is 4.24. The van der Waals surface area contributed by atoms with Gasteiger partial charge in [-0.2, -0.15) is 0 Å². The van der Waals surface area contributed by atoms with Gasteiger partial charge >= 0.3 is 5.97 Å². The highest BCUT2D eigenvalue weighted by molar-refractivity contribution is 6.34. The molecule has 0 fully saturated rings. The Balaban J connectivity index is 2.31. The number of para-hydroxylation sites is 1. The molecule has 7 heteroatoms. The topological polar surface area (TPSA) is 52.3 Å². The zero-order valence-corrected chi connectivity index (χ0v) is 13.4. The number of benzene rings is 1. The Morgan fingerprint density at radius 2 is 2.04 bits per heavy atom. The highest BCUT2D eigenvalue weighted by Crippen LogP contribution is 2.38. The van der Waals surface area contributed by atoms with Crippen LogP contribution in [0, 0.1) is 5.82 Å². The molecule has 0 N–H and O–H groups in total. The molecule has 0 bridgehead atoms. The van der Waals surface area contributed by atoms with Crippen LogP contribution in [0.5, 0.6) is 0 Å². The summed E-state index contributed by atoms with van der Waals surface area (Å²) in [5.74, 6) is -1.25. The third kappa shape index (κ3) is 2.78. The summed E-state index contributed by atoms with van der Waals surface area (Å²) in [6.45, 7) is 1.88. The highest BCUT2D eigenvalue weighted by Gasteiger charge is 2.25. The summed E-state index contributed by atoms with van der Waals surface area (Å²) in [5, 5.41) is 0.126. The molecule has 0 aliphatic rings. The van der Waals surface area contributed by atoms with Crippen molar-refractivity contribution in [2.24, 2.45) is 0 Å². The van der Waals surface area contributed by atoms with Crippen molar-refractivity contribution in [3.63, 3.8) is 0 Å². The number of hydrogen-bond donors (Lipinski definition) is 0. The molecule has 2 heterocycles. The van der Waals surface area contributed by atoms with E-state index >= 15 is 0 Å². The molecule has 0 spiro atoms. The maximum absolute atomic E-state index is 13.8. The molecule has 1 aromatic carbocycles. The average Bonchev–Trinajstić information content (AvgIpc) is 2.90. The minimum Gasteiger partial charge on any atom is -0.462 e. The minimum absolute atomic E-state index is 0.0685. The summed E-state index contributed by atoms with van der Waals surface area (Å²) >= 11 is 11.7. The van der Waals surface area contributed by atoms with E-state index in [1.54, 1.807) is 31.2 Å². The van der Waals surface area contributed by atoms with E-state index in [4.69, 9.17) is 32.4 Å². The van der Waals surface area contributed by atoms with E-state index in [2.05, 4.69) is 4.98 Å². The van der Waals surface area contributed by atoms with Crippen LogP contribution in [-0.4, -0.2) is 17.6 Å². The molecule has 0 unspecified atom stereocenters. The van der Waals surface area contributed by atoms with Crippen LogP contribution in [0.2, 0.25) is 10.3 Å². The van der Waals surface area contributed by atoms with Crippen LogP contribution in [-0.2, 0) is 4.74 Å².